The molecule has 0 aliphatic rings. The van der Waals surface area contributed by atoms with E-state index in [4.69, 9.17) is 11.0 Å². The summed E-state index contributed by atoms with van der Waals surface area (Å²) in [5.74, 6) is -0.257. The lowest BCUT2D eigenvalue weighted by molar-refractivity contribution is 0.607. The summed E-state index contributed by atoms with van der Waals surface area (Å²) in [7, 11) is 1.83. The zero-order valence-corrected chi connectivity index (χ0v) is 12.5. The minimum absolute atomic E-state index is 0.257. The molecule has 2 aromatic carbocycles. The first-order valence-electron chi connectivity index (χ1n) is 5.96. The number of nitriles is 1. The number of hydrogen-bond acceptors (Lipinski definition) is 3. The lowest BCUT2D eigenvalue weighted by atomic mass is 10.1. The maximum atomic E-state index is 13.7. The van der Waals surface area contributed by atoms with Crippen molar-refractivity contribution in [3.8, 4) is 6.07 Å². The van der Waals surface area contributed by atoms with Gasteiger partial charge in [-0.1, -0.05) is 15.9 Å². The fourth-order valence-corrected chi connectivity index (χ4v) is 2.39. The second-order valence-corrected chi connectivity index (χ2v) is 5.39. The van der Waals surface area contributed by atoms with Crippen molar-refractivity contribution in [1.29, 1.82) is 5.26 Å². The molecule has 0 saturated heterocycles. The highest BCUT2D eigenvalue weighted by molar-refractivity contribution is 9.10. The largest absolute Gasteiger partial charge is 0.397 e. The van der Waals surface area contributed by atoms with Gasteiger partial charge in [0.2, 0.25) is 0 Å². The van der Waals surface area contributed by atoms with Crippen LogP contribution in [0, 0.1) is 17.1 Å². The summed E-state index contributed by atoms with van der Waals surface area (Å²) < 4.78 is 14.6. The zero-order chi connectivity index (χ0) is 14.7. The van der Waals surface area contributed by atoms with E-state index >= 15 is 0 Å². The van der Waals surface area contributed by atoms with E-state index < -0.39 is 0 Å². The van der Waals surface area contributed by atoms with Gasteiger partial charge in [-0.2, -0.15) is 5.26 Å². The highest BCUT2D eigenvalue weighted by Gasteiger charge is 2.10. The van der Waals surface area contributed by atoms with Gasteiger partial charge in [0.15, 0.2) is 0 Å². The Bertz CT molecular complexity index is 679. The van der Waals surface area contributed by atoms with Crippen molar-refractivity contribution in [2.24, 2.45) is 0 Å². The molecule has 0 heterocycles. The van der Waals surface area contributed by atoms with Crippen LogP contribution in [0.15, 0.2) is 40.9 Å². The molecule has 0 spiro atoms. The lowest BCUT2D eigenvalue weighted by Crippen LogP contribution is -2.18. The van der Waals surface area contributed by atoms with Crippen molar-refractivity contribution >= 4 is 27.3 Å². The summed E-state index contributed by atoms with van der Waals surface area (Å²) in [6.45, 7) is 0.390. The number of nitrogen functional groups attached to an aromatic ring is 1. The molecular formula is C15H13BrFN3. The minimum atomic E-state index is -0.257. The molecule has 0 bridgehead atoms. The van der Waals surface area contributed by atoms with E-state index in [0.29, 0.717) is 23.4 Å². The molecule has 0 radical (unpaired) electrons. The summed E-state index contributed by atoms with van der Waals surface area (Å²) in [5, 5.41) is 8.82. The van der Waals surface area contributed by atoms with Crippen LogP contribution in [0.25, 0.3) is 0 Å². The molecule has 0 atom stereocenters. The molecule has 0 aliphatic carbocycles. The third kappa shape index (κ3) is 3.09. The topological polar surface area (TPSA) is 53.0 Å². The zero-order valence-electron chi connectivity index (χ0n) is 10.9. The Labute approximate surface area is 125 Å². The number of nitrogens with zero attached hydrogens (tertiary/aromatic N) is 2. The first-order chi connectivity index (χ1) is 9.51. The third-order valence-electron chi connectivity index (χ3n) is 2.98. The minimum Gasteiger partial charge on any atom is -0.397 e. The van der Waals surface area contributed by atoms with Crippen LogP contribution < -0.4 is 10.6 Å². The average molecular weight is 334 g/mol. The summed E-state index contributed by atoms with van der Waals surface area (Å²) in [6.07, 6.45) is 0. The van der Waals surface area contributed by atoms with Gasteiger partial charge in [0.1, 0.15) is 5.82 Å². The van der Waals surface area contributed by atoms with Gasteiger partial charge in [-0.3, -0.25) is 0 Å². The van der Waals surface area contributed by atoms with Gasteiger partial charge < -0.3 is 10.6 Å². The molecule has 2 aromatic rings. The van der Waals surface area contributed by atoms with Crippen LogP contribution in [0.4, 0.5) is 15.8 Å². The van der Waals surface area contributed by atoms with E-state index in [0.717, 1.165) is 10.2 Å². The number of benzene rings is 2. The van der Waals surface area contributed by atoms with Crippen molar-refractivity contribution in [3.63, 3.8) is 0 Å². The molecule has 3 nitrogen and oxygen atoms in total. The molecular weight excluding hydrogens is 321 g/mol. The Hall–Kier alpha value is -2.06. The number of rotatable bonds is 3. The Morgan fingerprint density at radius 1 is 1.30 bits per heavy atom. The van der Waals surface area contributed by atoms with E-state index in [1.54, 1.807) is 30.3 Å². The van der Waals surface area contributed by atoms with Crippen LogP contribution in [-0.4, -0.2) is 7.05 Å². The molecule has 2 rings (SSSR count). The standard InChI is InChI=1S/C15H13BrFN3/c1-20(9-11-7-12(16)3-4-13(11)17)15-5-2-10(8-18)6-14(15)19/h2-7H,9,19H2,1H3. The molecule has 5 heteroatoms. The van der Waals surface area contributed by atoms with E-state index in [9.17, 15) is 4.39 Å². The summed E-state index contributed by atoms with van der Waals surface area (Å²) >= 11 is 3.33. The maximum absolute atomic E-state index is 13.7. The highest BCUT2D eigenvalue weighted by Crippen LogP contribution is 2.26. The monoisotopic (exact) mass is 333 g/mol. The average Bonchev–Trinajstić information content (AvgIpc) is 2.42. The van der Waals surface area contributed by atoms with Crippen LogP contribution in [0.1, 0.15) is 11.1 Å². The number of nitrogens with two attached hydrogens (primary N) is 1. The smallest absolute Gasteiger partial charge is 0.128 e. The fourth-order valence-electron chi connectivity index (χ4n) is 1.98. The Balaban J connectivity index is 2.26. The fraction of sp³-hybridized carbons (Fsp3) is 0.133. The van der Waals surface area contributed by atoms with Crippen LogP contribution in [0.3, 0.4) is 0 Å². The second-order valence-electron chi connectivity index (χ2n) is 4.48. The molecule has 2 N–H and O–H groups in total. The number of anilines is 2. The quantitative estimate of drug-likeness (QED) is 0.871. The second kappa shape index (κ2) is 5.93. The van der Waals surface area contributed by atoms with Gasteiger partial charge in [-0.05, 0) is 36.4 Å². The van der Waals surface area contributed by atoms with Gasteiger partial charge in [-0.15, -0.1) is 0 Å². The van der Waals surface area contributed by atoms with Crippen molar-refractivity contribution in [3.05, 3.63) is 57.8 Å². The highest BCUT2D eigenvalue weighted by atomic mass is 79.9. The molecule has 0 aliphatic heterocycles. The van der Waals surface area contributed by atoms with Crippen molar-refractivity contribution in [2.45, 2.75) is 6.54 Å². The normalized spacial score (nSPS) is 10.1. The first-order valence-corrected chi connectivity index (χ1v) is 6.75. The van der Waals surface area contributed by atoms with E-state index in [2.05, 4.69) is 15.9 Å². The molecule has 0 fully saturated rings. The van der Waals surface area contributed by atoms with E-state index in [-0.39, 0.29) is 5.82 Å². The molecule has 20 heavy (non-hydrogen) atoms. The first kappa shape index (κ1) is 14.4. The number of halogens is 2. The molecule has 0 saturated carbocycles. The van der Waals surface area contributed by atoms with Crippen LogP contribution >= 0.6 is 15.9 Å². The number of hydrogen-bond donors (Lipinski definition) is 1. The van der Waals surface area contributed by atoms with Gasteiger partial charge >= 0.3 is 0 Å². The molecule has 0 amide bonds. The SMILES string of the molecule is CN(Cc1cc(Br)ccc1F)c1ccc(C#N)cc1N. The van der Waals surface area contributed by atoms with Crippen LogP contribution in [0.5, 0.6) is 0 Å². The Morgan fingerprint density at radius 3 is 2.70 bits per heavy atom. The summed E-state index contributed by atoms with van der Waals surface area (Å²) in [4.78, 5) is 1.85. The van der Waals surface area contributed by atoms with Crippen LogP contribution in [-0.2, 0) is 6.54 Å². The van der Waals surface area contributed by atoms with Gasteiger partial charge in [0.25, 0.3) is 0 Å². The molecule has 0 unspecified atom stereocenters. The maximum Gasteiger partial charge on any atom is 0.128 e. The Kier molecular flexibility index (Phi) is 4.26. The van der Waals surface area contributed by atoms with Crippen molar-refractivity contribution in [2.75, 3.05) is 17.7 Å². The predicted molar refractivity (Wildman–Crippen MR) is 81.8 cm³/mol. The molecule has 102 valence electrons. The van der Waals surface area contributed by atoms with Gasteiger partial charge in [0, 0.05) is 23.6 Å². The van der Waals surface area contributed by atoms with Crippen molar-refractivity contribution in [1.82, 2.24) is 0 Å². The van der Waals surface area contributed by atoms with Crippen LogP contribution in [0.2, 0.25) is 0 Å². The summed E-state index contributed by atoms with van der Waals surface area (Å²) in [6, 6.07) is 11.9. The van der Waals surface area contributed by atoms with Gasteiger partial charge in [0.05, 0.1) is 23.0 Å². The van der Waals surface area contributed by atoms with E-state index in [1.807, 2.05) is 18.0 Å². The van der Waals surface area contributed by atoms with Crippen molar-refractivity contribution < 1.29 is 4.39 Å². The Morgan fingerprint density at radius 2 is 2.05 bits per heavy atom. The van der Waals surface area contributed by atoms with Gasteiger partial charge in [-0.25, -0.2) is 4.39 Å². The van der Waals surface area contributed by atoms with E-state index in [1.165, 1.54) is 6.07 Å². The molecule has 0 aromatic heterocycles. The third-order valence-corrected chi connectivity index (χ3v) is 3.48. The predicted octanol–water partition coefficient (Wildman–Crippen LogP) is 3.68. The summed E-state index contributed by atoms with van der Waals surface area (Å²) in [5.41, 5.74) is 8.27. The lowest BCUT2D eigenvalue weighted by Gasteiger charge is -2.21.